The smallest absolute Gasteiger partial charge is 0.166 e. The second-order valence-electron chi connectivity index (χ2n) is 4.38. The lowest BCUT2D eigenvalue weighted by Gasteiger charge is -2.14. The molecule has 0 spiro atoms. The van der Waals surface area contributed by atoms with Crippen LogP contribution in [0.3, 0.4) is 0 Å². The molecule has 0 aliphatic heterocycles. The lowest BCUT2D eigenvalue weighted by atomic mass is 10.3. The van der Waals surface area contributed by atoms with Crippen LogP contribution >= 0.6 is 0 Å². The van der Waals surface area contributed by atoms with Gasteiger partial charge in [-0.25, -0.2) is 0 Å². The highest BCUT2D eigenvalue weighted by Gasteiger charge is 2.28. The zero-order valence-corrected chi connectivity index (χ0v) is 17.7. The van der Waals surface area contributed by atoms with E-state index in [1.807, 2.05) is 90.1 Å². The van der Waals surface area contributed by atoms with Gasteiger partial charge in [0.25, 0.3) is 0 Å². The van der Waals surface area contributed by atoms with Gasteiger partial charge in [0.2, 0.25) is 0 Å². The molecule has 3 aromatic carbocycles. The minimum Gasteiger partial charge on any atom is -0.869 e. The minimum absolute atomic E-state index is 0.100. The van der Waals surface area contributed by atoms with E-state index >= 15 is 0 Å². The fourth-order valence-electron chi connectivity index (χ4n) is 2.12. The van der Waals surface area contributed by atoms with E-state index in [0.29, 0.717) is 0 Å². The quantitative estimate of drug-likeness (QED) is 0.459. The van der Waals surface area contributed by atoms with Crippen LogP contribution in [0.1, 0.15) is 41.5 Å². The first kappa shape index (κ1) is 23.8. The first-order valence-corrected chi connectivity index (χ1v) is 10.7. The summed E-state index contributed by atoms with van der Waals surface area (Å²) in [5.74, 6) is 0.100. The maximum atomic E-state index is 12.2. The van der Waals surface area contributed by atoms with Crippen LogP contribution in [-0.2, 0) is 10.9 Å². The number of hydrogen-bond donors (Lipinski definition) is 0. The molecule has 0 N–H and O–H groups in total. The monoisotopic (exact) mass is 368 g/mol. The van der Waals surface area contributed by atoms with Crippen molar-refractivity contribution in [3.8, 4) is 5.75 Å². The predicted molar refractivity (Wildman–Crippen MR) is 115 cm³/mol. The molecule has 0 aliphatic carbocycles. The van der Waals surface area contributed by atoms with Crippen molar-refractivity contribution in [3.63, 3.8) is 0 Å². The molecule has 0 radical (unpaired) electrons. The summed E-state index contributed by atoms with van der Waals surface area (Å²) >= 11 is 0. The molecule has 0 aromatic heterocycles. The van der Waals surface area contributed by atoms with Gasteiger partial charge in [0, 0.05) is 0 Å². The standard InChI is InChI=1S/C18H14OS.3C2H6/c19-17-13-7-8-14-18(17)20(15-9-3-1-4-10-15)16-11-5-2-6-12-16;3*1-2/h1-14H;3*1-2H3. The highest BCUT2D eigenvalue weighted by molar-refractivity contribution is 7.97. The van der Waals surface area contributed by atoms with Crippen molar-refractivity contribution >= 4 is 10.9 Å². The maximum absolute atomic E-state index is 12.2. The topological polar surface area (TPSA) is 23.1 Å². The van der Waals surface area contributed by atoms with Crippen molar-refractivity contribution in [1.82, 2.24) is 0 Å². The van der Waals surface area contributed by atoms with Crippen LogP contribution in [0.5, 0.6) is 5.75 Å². The van der Waals surface area contributed by atoms with Gasteiger partial charge >= 0.3 is 0 Å². The Balaban J connectivity index is 0.000000948. The van der Waals surface area contributed by atoms with E-state index in [1.54, 1.807) is 12.1 Å². The van der Waals surface area contributed by atoms with E-state index in [1.165, 1.54) is 9.79 Å². The molecule has 0 bridgehead atoms. The lowest BCUT2D eigenvalue weighted by molar-refractivity contribution is -0.272. The van der Waals surface area contributed by atoms with Gasteiger partial charge < -0.3 is 5.11 Å². The molecule has 1 nitrogen and oxygen atoms in total. The summed E-state index contributed by atoms with van der Waals surface area (Å²) in [5.41, 5.74) is 0. The highest BCUT2D eigenvalue weighted by atomic mass is 32.2. The molecule has 0 unspecified atom stereocenters. The Hall–Kier alpha value is -2.19. The Morgan fingerprint density at radius 2 is 0.846 bits per heavy atom. The summed E-state index contributed by atoms with van der Waals surface area (Å²) in [6, 6.07) is 27.7. The Morgan fingerprint density at radius 3 is 1.23 bits per heavy atom. The second-order valence-corrected chi connectivity index (χ2v) is 6.37. The number of benzene rings is 3. The van der Waals surface area contributed by atoms with E-state index in [9.17, 15) is 5.11 Å². The fourth-order valence-corrected chi connectivity index (χ4v) is 4.24. The van der Waals surface area contributed by atoms with Crippen LogP contribution < -0.4 is 5.11 Å². The van der Waals surface area contributed by atoms with E-state index < -0.39 is 0 Å². The van der Waals surface area contributed by atoms with E-state index in [4.69, 9.17) is 0 Å². The molecule has 0 aliphatic rings. The van der Waals surface area contributed by atoms with Gasteiger partial charge in [0.1, 0.15) is 0 Å². The molecule has 3 rings (SSSR count). The molecule has 3 aromatic rings. The van der Waals surface area contributed by atoms with Crippen LogP contribution in [0.25, 0.3) is 0 Å². The average molecular weight is 369 g/mol. The van der Waals surface area contributed by atoms with Crippen LogP contribution in [0.2, 0.25) is 0 Å². The summed E-state index contributed by atoms with van der Waals surface area (Å²) in [6.07, 6.45) is 0. The van der Waals surface area contributed by atoms with Crippen molar-refractivity contribution in [2.24, 2.45) is 0 Å². The number of para-hydroxylation sites is 1. The van der Waals surface area contributed by atoms with E-state index in [2.05, 4.69) is 24.3 Å². The van der Waals surface area contributed by atoms with Gasteiger partial charge in [0.15, 0.2) is 14.7 Å². The lowest BCUT2D eigenvalue weighted by Crippen LogP contribution is -2.08. The summed E-state index contributed by atoms with van der Waals surface area (Å²) in [7, 11) is -0.339. The Kier molecular flexibility index (Phi) is 13.8. The molecule has 2 heteroatoms. The first-order valence-electron chi connectivity index (χ1n) is 9.47. The SMILES string of the molecule is CC.CC.CC.[O-]c1ccccc1[S+](c1ccccc1)c1ccccc1. The van der Waals surface area contributed by atoms with Gasteiger partial charge in [-0.05, 0) is 30.3 Å². The highest BCUT2D eigenvalue weighted by Crippen LogP contribution is 2.34. The fraction of sp³-hybridized carbons (Fsp3) is 0.250. The molecule has 0 heterocycles. The second kappa shape index (κ2) is 15.1. The number of hydrogen-bond acceptors (Lipinski definition) is 1. The van der Waals surface area contributed by atoms with Crippen molar-refractivity contribution in [1.29, 1.82) is 0 Å². The van der Waals surface area contributed by atoms with Crippen molar-refractivity contribution < 1.29 is 5.11 Å². The summed E-state index contributed by atoms with van der Waals surface area (Å²) in [4.78, 5) is 3.19. The van der Waals surface area contributed by atoms with Gasteiger partial charge in [0.05, 0.1) is 10.9 Å². The molecule has 0 saturated carbocycles. The molecule has 140 valence electrons. The van der Waals surface area contributed by atoms with Gasteiger partial charge in [-0.1, -0.05) is 102 Å². The van der Waals surface area contributed by atoms with Gasteiger partial charge in [-0.15, -0.1) is 0 Å². The Morgan fingerprint density at radius 1 is 0.500 bits per heavy atom. The molecule has 0 fully saturated rings. The third-order valence-electron chi connectivity index (χ3n) is 3.03. The molecule has 0 saturated heterocycles. The van der Waals surface area contributed by atoms with Crippen LogP contribution in [0.15, 0.2) is 99.6 Å². The van der Waals surface area contributed by atoms with Gasteiger partial charge in [-0.3, -0.25) is 0 Å². The normalized spacial score (nSPS) is 8.88. The summed E-state index contributed by atoms with van der Waals surface area (Å²) < 4.78 is 0. The number of rotatable bonds is 3. The van der Waals surface area contributed by atoms with Gasteiger partial charge in [-0.2, -0.15) is 0 Å². The largest absolute Gasteiger partial charge is 0.869 e. The Labute approximate surface area is 163 Å². The predicted octanol–water partition coefficient (Wildman–Crippen LogP) is 6.93. The maximum Gasteiger partial charge on any atom is 0.166 e. The van der Waals surface area contributed by atoms with Crippen LogP contribution in [0, 0.1) is 0 Å². The van der Waals surface area contributed by atoms with Crippen molar-refractivity contribution in [3.05, 3.63) is 84.9 Å². The molecule has 0 amide bonds. The van der Waals surface area contributed by atoms with Crippen LogP contribution in [-0.4, -0.2) is 0 Å². The summed E-state index contributed by atoms with van der Waals surface area (Å²) in [5, 5.41) is 12.2. The molecular weight excluding hydrogens is 336 g/mol. The van der Waals surface area contributed by atoms with E-state index in [0.717, 1.165) is 4.90 Å². The Bertz CT molecular complexity index is 641. The minimum atomic E-state index is -0.339. The summed E-state index contributed by atoms with van der Waals surface area (Å²) in [6.45, 7) is 12.0. The third-order valence-corrected chi connectivity index (χ3v) is 5.29. The van der Waals surface area contributed by atoms with Crippen LogP contribution in [0.4, 0.5) is 0 Å². The van der Waals surface area contributed by atoms with Crippen molar-refractivity contribution in [2.45, 2.75) is 56.2 Å². The molecule has 0 atom stereocenters. The molecule has 26 heavy (non-hydrogen) atoms. The van der Waals surface area contributed by atoms with E-state index in [-0.39, 0.29) is 16.6 Å². The zero-order chi connectivity index (χ0) is 19.8. The molecular formula is C24H32OS. The zero-order valence-electron chi connectivity index (χ0n) is 16.9. The third kappa shape index (κ3) is 6.97. The average Bonchev–Trinajstić information content (AvgIpc) is 2.76. The first-order chi connectivity index (χ1) is 12.9. The van der Waals surface area contributed by atoms with Crippen molar-refractivity contribution in [2.75, 3.05) is 0 Å².